The summed E-state index contributed by atoms with van der Waals surface area (Å²) in [6.07, 6.45) is 20.1. The lowest BCUT2D eigenvalue weighted by Crippen LogP contribution is -2.40. The van der Waals surface area contributed by atoms with Crippen molar-refractivity contribution < 1.29 is 8.85 Å². The SMILES string of the molecule is CO[Si](CCC1CCCCCC1)(CCC1CCCCCC1)OC. The summed E-state index contributed by atoms with van der Waals surface area (Å²) >= 11 is 0. The molecule has 0 aromatic rings. The van der Waals surface area contributed by atoms with Crippen LogP contribution in [0.25, 0.3) is 0 Å². The number of hydrogen-bond acceptors (Lipinski definition) is 2. The third kappa shape index (κ3) is 6.87. The fourth-order valence-electron chi connectivity index (χ4n) is 4.77. The van der Waals surface area contributed by atoms with Gasteiger partial charge in [-0.3, -0.25) is 0 Å². The minimum Gasteiger partial charge on any atom is -0.398 e. The molecule has 2 saturated carbocycles. The summed E-state index contributed by atoms with van der Waals surface area (Å²) in [6.45, 7) is 0. The Morgan fingerprint density at radius 2 is 0.957 bits per heavy atom. The van der Waals surface area contributed by atoms with Crippen LogP contribution in [0.15, 0.2) is 0 Å². The highest BCUT2D eigenvalue weighted by molar-refractivity contribution is 6.67. The van der Waals surface area contributed by atoms with Gasteiger partial charge in [0.15, 0.2) is 0 Å². The van der Waals surface area contributed by atoms with E-state index in [1.165, 1.54) is 102 Å². The maximum absolute atomic E-state index is 6.05. The number of rotatable bonds is 8. The van der Waals surface area contributed by atoms with Gasteiger partial charge in [-0.2, -0.15) is 0 Å². The van der Waals surface area contributed by atoms with E-state index in [-0.39, 0.29) is 0 Å². The third-order valence-corrected chi connectivity index (χ3v) is 10.1. The van der Waals surface area contributed by atoms with Crippen LogP contribution in [-0.4, -0.2) is 22.8 Å². The molecule has 2 rings (SSSR count). The molecule has 0 atom stereocenters. The molecule has 2 aliphatic rings. The summed E-state index contributed by atoms with van der Waals surface area (Å²) in [4.78, 5) is 0. The Labute approximate surface area is 146 Å². The molecule has 0 aromatic carbocycles. The van der Waals surface area contributed by atoms with Crippen LogP contribution in [0.3, 0.4) is 0 Å². The van der Waals surface area contributed by atoms with E-state index in [9.17, 15) is 0 Å². The first-order chi connectivity index (χ1) is 11.3. The van der Waals surface area contributed by atoms with Crippen LogP contribution >= 0.6 is 0 Å². The molecule has 0 unspecified atom stereocenters. The Balaban J connectivity index is 1.79. The summed E-state index contributed by atoms with van der Waals surface area (Å²) in [6, 6.07) is 2.44. The predicted molar refractivity (Wildman–Crippen MR) is 101 cm³/mol. The highest BCUT2D eigenvalue weighted by atomic mass is 28.4. The zero-order valence-corrected chi connectivity index (χ0v) is 16.8. The van der Waals surface area contributed by atoms with E-state index < -0.39 is 8.56 Å². The van der Waals surface area contributed by atoms with Gasteiger partial charge in [0.1, 0.15) is 0 Å². The number of hydrogen-bond donors (Lipinski definition) is 0. The molecule has 3 heteroatoms. The summed E-state index contributed by atoms with van der Waals surface area (Å²) in [5, 5.41) is 0. The van der Waals surface area contributed by atoms with Gasteiger partial charge in [0, 0.05) is 14.2 Å². The van der Waals surface area contributed by atoms with E-state index in [2.05, 4.69) is 0 Å². The van der Waals surface area contributed by atoms with Crippen molar-refractivity contribution in [3.05, 3.63) is 0 Å². The lowest BCUT2D eigenvalue weighted by molar-refractivity contribution is 0.231. The van der Waals surface area contributed by atoms with Gasteiger partial charge in [-0.25, -0.2) is 0 Å². The van der Waals surface area contributed by atoms with Gasteiger partial charge < -0.3 is 8.85 Å². The zero-order chi connectivity index (χ0) is 16.4. The highest BCUT2D eigenvalue weighted by Gasteiger charge is 2.36. The van der Waals surface area contributed by atoms with Crippen molar-refractivity contribution in [1.29, 1.82) is 0 Å². The fraction of sp³-hybridized carbons (Fsp3) is 1.00. The van der Waals surface area contributed by atoms with Crippen LogP contribution in [-0.2, 0) is 8.85 Å². The largest absolute Gasteiger partial charge is 0.398 e. The van der Waals surface area contributed by atoms with Gasteiger partial charge in [-0.05, 0) is 36.8 Å². The Kier molecular flexibility index (Phi) is 9.21. The smallest absolute Gasteiger partial charge is 0.337 e. The van der Waals surface area contributed by atoms with E-state index in [1.54, 1.807) is 0 Å². The highest BCUT2D eigenvalue weighted by Crippen LogP contribution is 2.34. The first kappa shape index (κ1) is 19.5. The lowest BCUT2D eigenvalue weighted by Gasteiger charge is -2.30. The third-order valence-electron chi connectivity index (χ3n) is 6.56. The molecule has 23 heavy (non-hydrogen) atoms. The molecule has 0 aromatic heterocycles. The lowest BCUT2D eigenvalue weighted by atomic mass is 9.98. The second-order valence-corrected chi connectivity index (χ2v) is 11.7. The average Bonchev–Trinajstić information content (AvgIpc) is 3.00. The van der Waals surface area contributed by atoms with Crippen molar-refractivity contribution in [1.82, 2.24) is 0 Å². The minimum atomic E-state index is -1.94. The Morgan fingerprint density at radius 1 is 0.609 bits per heavy atom. The first-order valence-electron chi connectivity index (χ1n) is 10.4. The van der Waals surface area contributed by atoms with Gasteiger partial charge in [-0.15, -0.1) is 0 Å². The maximum atomic E-state index is 6.05. The molecule has 0 N–H and O–H groups in total. The Morgan fingerprint density at radius 3 is 1.26 bits per heavy atom. The van der Waals surface area contributed by atoms with E-state index >= 15 is 0 Å². The second kappa shape index (κ2) is 10.9. The van der Waals surface area contributed by atoms with E-state index in [4.69, 9.17) is 8.85 Å². The summed E-state index contributed by atoms with van der Waals surface area (Å²) in [5.41, 5.74) is 0. The summed E-state index contributed by atoms with van der Waals surface area (Å²) in [5.74, 6) is 1.88. The van der Waals surface area contributed by atoms with Crippen LogP contribution in [0.2, 0.25) is 12.1 Å². The van der Waals surface area contributed by atoms with Crippen molar-refractivity contribution in [2.75, 3.05) is 14.2 Å². The van der Waals surface area contributed by atoms with E-state index in [1.807, 2.05) is 14.2 Å². The molecule has 136 valence electrons. The van der Waals surface area contributed by atoms with Gasteiger partial charge in [0.25, 0.3) is 0 Å². The molecule has 2 fully saturated rings. The normalized spacial score (nSPS) is 22.7. The molecule has 0 spiro atoms. The van der Waals surface area contributed by atoms with E-state index in [0.717, 1.165) is 11.8 Å². The zero-order valence-electron chi connectivity index (χ0n) is 15.8. The molecule has 0 amide bonds. The van der Waals surface area contributed by atoms with Crippen LogP contribution in [0.4, 0.5) is 0 Å². The minimum absolute atomic E-state index is 0.938. The Bertz CT molecular complexity index is 262. The second-order valence-electron chi connectivity index (χ2n) is 8.11. The van der Waals surface area contributed by atoms with Crippen molar-refractivity contribution in [3.8, 4) is 0 Å². The molecule has 0 bridgehead atoms. The summed E-state index contributed by atoms with van der Waals surface area (Å²) in [7, 11) is 1.88. The van der Waals surface area contributed by atoms with Crippen molar-refractivity contribution in [2.45, 2.75) is 102 Å². The molecular formula is C20H40O2Si. The van der Waals surface area contributed by atoms with Crippen molar-refractivity contribution in [3.63, 3.8) is 0 Å². The fourth-order valence-corrected chi connectivity index (χ4v) is 7.70. The monoisotopic (exact) mass is 340 g/mol. The van der Waals surface area contributed by atoms with Gasteiger partial charge in [0.05, 0.1) is 0 Å². The molecular weight excluding hydrogens is 300 g/mol. The first-order valence-corrected chi connectivity index (χ1v) is 12.6. The van der Waals surface area contributed by atoms with Gasteiger partial charge in [0.2, 0.25) is 0 Å². The molecule has 0 heterocycles. The molecule has 0 saturated heterocycles. The van der Waals surface area contributed by atoms with Crippen LogP contribution in [0.1, 0.15) is 89.9 Å². The quantitative estimate of drug-likeness (QED) is 0.374. The van der Waals surface area contributed by atoms with E-state index in [0.29, 0.717) is 0 Å². The molecule has 2 nitrogen and oxygen atoms in total. The predicted octanol–water partition coefficient (Wildman–Crippen LogP) is 6.44. The van der Waals surface area contributed by atoms with Crippen molar-refractivity contribution >= 4 is 8.56 Å². The van der Waals surface area contributed by atoms with Gasteiger partial charge in [-0.1, -0.05) is 77.0 Å². The molecule has 0 radical (unpaired) electrons. The van der Waals surface area contributed by atoms with Gasteiger partial charge >= 0.3 is 8.56 Å². The van der Waals surface area contributed by atoms with Crippen LogP contribution in [0.5, 0.6) is 0 Å². The van der Waals surface area contributed by atoms with Crippen molar-refractivity contribution in [2.24, 2.45) is 11.8 Å². The molecule has 0 aliphatic heterocycles. The topological polar surface area (TPSA) is 18.5 Å². The van der Waals surface area contributed by atoms with Crippen LogP contribution in [0, 0.1) is 11.8 Å². The summed E-state index contributed by atoms with van der Waals surface area (Å²) < 4.78 is 12.1. The molecule has 2 aliphatic carbocycles. The standard InChI is InChI=1S/C20H40O2Si/c1-21-23(22-2,17-15-19-11-7-3-4-8-12-19)18-16-20-13-9-5-6-10-14-20/h19-20H,3-18H2,1-2H3. The average molecular weight is 341 g/mol. The Hall–Kier alpha value is 0.137. The van der Waals surface area contributed by atoms with Crippen LogP contribution < -0.4 is 0 Å². The maximum Gasteiger partial charge on any atom is 0.337 e.